The molecule has 5 heteroatoms. The molecular weight excluding hydrogens is 280 g/mol. The zero-order valence-electron chi connectivity index (χ0n) is 11.7. The van der Waals surface area contributed by atoms with Crippen LogP contribution in [0.4, 0.5) is 5.88 Å². The van der Waals surface area contributed by atoms with Crippen molar-refractivity contribution in [2.45, 2.75) is 6.42 Å². The molecular formula is C17H14N2O3. The number of hydrogen-bond donors (Lipinski definition) is 2. The number of carbonyl (C=O) groups excluding carboxylic acids is 1. The standard InChI is InChI=1S/C17H14N2O3/c18-16(21)14-15(20)12-9-11(6-7-13(12)22-17(14)19)8-10-4-2-1-3-5-10/h1-7,9H,8,19H2,(H2,18,21). The first-order valence-corrected chi connectivity index (χ1v) is 6.75. The van der Waals surface area contributed by atoms with Crippen LogP contribution >= 0.6 is 0 Å². The van der Waals surface area contributed by atoms with Crippen LogP contribution in [0, 0.1) is 0 Å². The summed E-state index contributed by atoms with van der Waals surface area (Å²) in [6, 6.07) is 15.1. The van der Waals surface area contributed by atoms with Gasteiger partial charge in [0.25, 0.3) is 5.91 Å². The maximum atomic E-state index is 12.4. The van der Waals surface area contributed by atoms with E-state index < -0.39 is 11.3 Å². The van der Waals surface area contributed by atoms with E-state index in [4.69, 9.17) is 15.9 Å². The number of hydrogen-bond acceptors (Lipinski definition) is 4. The van der Waals surface area contributed by atoms with Gasteiger partial charge in [0, 0.05) is 0 Å². The molecule has 0 atom stereocenters. The van der Waals surface area contributed by atoms with Crippen molar-refractivity contribution in [2.24, 2.45) is 5.73 Å². The van der Waals surface area contributed by atoms with Crippen LogP contribution in [0.25, 0.3) is 11.0 Å². The summed E-state index contributed by atoms with van der Waals surface area (Å²) in [5.41, 5.74) is 12.4. The van der Waals surface area contributed by atoms with Crippen LogP contribution in [0.5, 0.6) is 0 Å². The average molecular weight is 294 g/mol. The fraction of sp³-hybridized carbons (Fsp3) is 0.0588. The number of nitrogen functional groups attached to an aromatic ring is 1. The predicted molar refractivity (Wildman–Crippen MR) is 84.7 cm³/mol. The summed E-state index contributed by atoms with van der Waals surface area (Å²) in [4.78, 5) is 23.7. The van der Waals surface area contributed by atoms with Crippen molar-refractivity contribution in [1.82, 2.24) is 0 Å². The molecule has 1 amide bonds. The van der Waals surface area contributed by atoms with Gasteiger partial charge >= 0.3 is 0 Å². The third-order valence-corrected chi connectivity index (χ3v) is 3.48. The van der Waals surface area contributed by atoms with Crippen molar-refractivity contribution in [3.8, 4) is 0 Å². The van der Waals surface area contributed by atoms with Gasteiger partial charge in [0.1, 0.15) is 11.1 Å². The smallest absolute Gasteiger partial charge is 0.258 e. The number of nitrogens with two attached hydrogens (primary N) is 2. The lowest BCUT2D eigenvalue weighted by molar-refractivity contribution is 0.0999. The van der Waals surface area contributed by atoms with Crippen molar-refractivity contribution in [2.75, 3.05) is 5.73 Å². The first-order chi connectivity index (χ1) is 10.6. The molecule has 3 rings (SSSR count). The second-order valence-corrected chi connectivity index (χ2v) is 5.03. The first-order valence-electron chi connectivity index (χ1n) is 6.75. The highest BCUT2D eigenvalue weighted by atomic mass is 16.3. The SMILES string of the molecule is NC(=O)c1c(N)oc2ccc(Cc3ccccc3)cc2c1=O. The molecule has 4 N–H and O–H groups in total. The predicted octanol–water partition coefficient (Wildman–Crippen LogP) is 2.06. The van der Waals surface area contributed by atoms with Crippen LogP contribution in [-0.2, 0) is 6.42 Å². The van der Waals surface area contributed by atoms with Crippen LogP contribution in [0.3, 0.4) is 0 Å². The van der Waals surface area contributed by atoms with E-state index in [-0.39, 0.29) is 11.4 Å². The quantitative estimate of drug-likeness (QED) is 0.772. The van der Waals surface area contributed by atoms with Crippen LogP contribution in [0.15, 0.2) is 57.7 Å². The fourth-order valence-corrected chi connectivity index (χ4v) is 2.43. The highest BCUT2D eigenvalue weighted by Crippen LogP contribution is 2.20. The molecule has 1 aromatic heterocycles. The largest absolute Gasteiger partial charge is 0.440 e. The normalized spacial score (nSPS) is 10.7. The van der Waals surface area contributed by atoms with Crippen molar-refractivity contribution >= 4 is 22.8 Å². The molecule has 2 aromatic carbocycles. The maximum Gasteiger partial charge on any atom is 0.258 e. The molecule has 110 valence electrons. The van der Waals surface area contributed by atoms with Gasteiger partial charge in [0.05, 0.1) is 5.39 Å². The molecule has 0 aliphatic rings. The van der Waals surface area contributed by atoms with Crippen LogP contribution < -0.4 is 16.9 Å². The topological polar surface area (TPSA) is 99.3 Å². The second kappa shape index (κ2) is 5.37. The Morgan fingerprint density at radius 3 is 2.45 bits per heavy atom. The molecule has 0 radical (unpaired) electrons. The zero-order chi connectivity index (χ0) is 15.7. The molecule has 3 aromatic rings. The third-order valence-electron chi connectivity index (χ3n) is 3.48. The molecule has 1 heterocycles. The highest BCUT2D eigenvalue weighted by Gasteiger charge is 2.17. The number of amides is 1. The molecule has 0 bridgehead atoms. The third kappa shape index (κ3) is 2.44. The zero-order valence-corrected chi connectivity index (χ0v) is 11.7. The van der Waals surface area contributed by atoms with Gasteiger partial charge in [-0.3, -0.25) is 9.59 Å². The lowest BCUT2D eigenvalue weighted by atomic mass is 10.0. The van der Waals surface area contributed by atoms with Gasteiger partial charge in [-0.1, -0.05) is 36.4 Å². The van der Waals surface area contributed by atoms with Gasteiger partial charge in [0.15, 0.2) is 0 Å². The summed E-state index contributed by atoms with van der Waals surface area (Å²) in [6.45, 7) is 0. The molecule has 0 spiro atoms. The first kappa shape index (κ1) is 13.9. The minimum Gasteiger partial charge on any atom is -0.440 e. The lowest BCUT2D eigenvalue weighted by Crippen LogP contribution is -2.23. The molecule has 0 saturated heterocycles. The Labute approximate surface area is 126 Å². The van der Waals surface area contributed by atoms with E-state index in [0.717, 1.165) is 11.1 Å². The van der Waals surface area contributed by atoms with Gasteiger partial charge in [0.2, 0.25) is 11.3 Å². The summed E-state index contributed by atoms with van der Waals surface area (Å²) in [6.07, 6.45) is 0.673. The number of rotatable bonds is 3. The average Bonchev–Trinajstić information content (AvgIpc) is 2.49. The summed E-state index contributed by atoms with van der Waals surface area (Å²) < 4.78 is 5.32. The molecule has 0 saturated carbocycles. The van der Waals surface area contributed by atoms with E-state index in [0.29, 0.717) is 17.4 Å². The van der Waals surface area contributed by atoms with Crippen molar-refractivity contribution in [3.63, 3.8) is 0 Å². The number of carbonyl (C=O) groups is 1. The molecule has 0 aliphatic heterocycles. The van der Waals surface area contributed by atoms with Gasteiger partial charge in [-0.05, 0) is 29.7 Å². The van der Waals surface area contributed by atoms with Gasteiger partial charge in [-0.2, -0.15) is 0 Å². The molecule has 0 aliphatic carbocycles. The van der Waals surface area contributed by atoms with Crippen molar-refractivity contribution in [1.29, 1.82) is 0 Å². The highest BCUT2D eigenvalue weighted by molar-refractivity contribution is 5.99. The second-order valence-electron chi connectivity index (χ2n) is 5.03. The Bertz CT molecular complexity index is 914. The monoisotopic (exact) mass is 294 g/mol. The Hall–Kier alpha value is -3.08. The van der Waals surface area contributed by atoms with Gasteiger partial charge < -0.3 is 15.9 Å². The number of benzene rings is 2. The van der Waals surface area contributed by atoms with E-state index in [1.54, 1.807) is 12.1 Å². The van der Waals surface area contributed by atoms with Crippen LogP contribution in [-0.4, -0.2) is 5.91 Å². The minimum absolute atomic E-state index is 0.249. The summed E-state index contributed by atoms with van der Waals surface area (Å²) >= 11 is 0. The van der Waals surface area contributed by atoms with Gasteiger partial charge in [-0.15, -0.1) is 0 Å². The minimum atomic E-state index is -0.887. The Balaban J connectivity index is 2.13. The summed E-state index contributed by atoms with van der Waals surface area (Å²) in [7, 11) is 0. The van der Waals surface area contributed by atoms with Crippen LogP contribution in [0.2, 0.25) is 0 Å². The molecule has 0 unspecified atom stereocenters. The van der Waals surface area contributed by atoms with E-state index in [1.165, 1.54) is 0 Å². The number of primary amides is 1. The number of anilines is 1. The van der Waals surface area contributed by atoms with E-state index >= 15 is 0 Å². The Morgan fingerprint density at radius 2 is 1.77 bits per heavy atom. The van der Waals surface area contributed by atoms with E-state index in [9.17, 15) is 9.59 Å². The van der Waals surface area contributed by atoms with E-state index in [1.807, 2.05) is 36.4 Å². The molecule has 0 fully saturated rings. The van der Waals surface area contributed by atoms with E-state index in [2.05, 4.69) is 0 Å². The lowest BCUT2D eigenvalue weighted by Gasteiger charge is -2.06. The van der Waals surface area contributed by atoms with Crippen molar-refractivity contribution in [3.05, 3.63) is 75.4 Å². The maximum absolute atomic E-state index is 12.4. The Kier molecular flexibility index (Phi) is 3.39. The molecule has 22 heavy (non-hydrogen) atoms. The summed E-state index contributed by atoms with van der Waals surface area (Å²) in [5, 5.41) is 0.302. The van der Waals surface area contributed by atoms with Gasteiger partial charge in [-0.25, -0.2) is 0 Å². The Morgan fingerprint density at radius 1 is 1.05 bits per heavy atom. The van der Waals surface area contributed by atoms with Crippen molar-refractivity contribution < 1.29 is 9.21 Å². The van der Waals surface area contributed by atoms with Crippen LogP contribution in [0.1, 0.15) is 21.5 Å². The number of fused-ring (bicyclic) bond motifs is 1. The fourth-order valence-electron chi connectivity index (χ4n) is 2.43. The summed E-state index contributed by atoms with van der Waals surface area (Å²) in [5.74, 6) is -1.14. The molecule has 5 nitrogen and oxygen atoms in total.